The van der Waals surface area contributed by atoms with Crippen LogP contribution in [-0.2, 0) is 5.41 Å². The second kappa shape index (κ2) is 3.74. The number of Topliss-reactive ketones (excluding diaryl/α,β-unsaturated/α-hetero) is 1. The standard InChI is InChI=1S/C17H22O2/c1-10(18)15-6-16(19-11(15)2)17-7-12-3-13(8-17)5-14(4-12)9-17/h6,12-14H,3-5,7-9H2,1-2H3. The maximum atomic E-state index is 11.6. The SMILES string of the molecule is CC(=O)c1cc(C23CC4CC(CC(C4)C2)C3)oc1C. The third-order valence-electron chi connectivity index (χ3n) is 5.86. The second-order valence-electron chi connectivity index (χ2n) is 7.33. The molecule has 0 N–H and O–H groups in total. The molecule has 4 aliphatic rings. The van der Waals surface area contributed by atoms with E-state index >= 15 is 0 Å². The van der Waals surface area contributed by atoms with Gasteiger partial charge in [-0.25, -0.2) is 0 Å². The Labute approximate surface area is 114 Å². The molecule has 1 aromatic heterocycles. The molecule has 0 spiro atoms. The first-order valence-corrected chi connectivity index (χ1v) is 7.67. The number of carbonyl (C=O) groups is 1. The average molecular weight is 258 g/mol. The zero-order valence-corrected chi connectivity index (χ0v) is 11.9. The summed E-state index contributed by atoms with van der Waals surface area (Å²) < 4.78 is 6.04. The molecule has 1 aromatic rings. The summed E-state index contributed by atoms with van der Waals surface area (Å²) >= 11 is 0. The van der Waals surface area contributed by atoms with Crippen molar-refractivity contribution in [3.05, 3.63) is 23.2 Å². The van der Waals surface area contributed by atoms with Gasteiger partial charge >= 0.3 is 0 Å². The lowest BCUT2D eigenvalue weighted by atomic mass is 9.49. The quantitative estimate of drug-likeness (QED) is 0.742. The van der Waals surface area contributed by atoms with Gasteiger partial charge in [-0.3, -0.25) is 4.79 Å². The first kappa shape index (κ1) is 11.7. The third kappa shape index (κ3) is 1.65. The molecule has 0 aliphatic heterocycles. The van der Waals surface area contributed by atoms with Gasteiger partial charge in [0, 0.05) is 5.41 Å². The highest BCUT2D eigenvalue weighted by atomic mass is 16.3. The summed E-state index contributed by atoms with van der Waals surface area (Å²) in [4.78, 5) is 11.6. The third-order valence-corrected chi connectivity index (χ3v) is 5.86. The van der Waals surface area contributed by atoms with Gasteiger partial charge in [-0.1, -0.05) is 0 Å². The molecule has 0 amide bonds. The van der Waals surface area contributed by atoms with Crippen LogP contribution in [0.1, 0.15) is 67.3 Å². The van der Waals surface area contributed by atoms with Gasteiger partial charge in [0.15, 0.2) is 5.78 Å². The van der Waals surface area contributed by atoms with E-state index in [1.807, 2.05) is 6.92 Å². The molecule has 102 valence electrons. The first-order valence-electron chi connectivity index (χ1n) is 7.67. The fourth-order valence-electron chi connectivity index (χ4n) is 5.51. The van der Waals surface area contributed by atoms with Gasteiger partial charge < -0.3 is 4.42 Å². The maximum absolute atomic E-state index is 11.6. The van der Waals surface area contributed by atoms with E-state index in [4.69, 9.17) is 4.42 Å². The maximum Gasteiger partial charge on any atom is 0.163 e. The summed E-state index contributed by atoms with van der Waals surface area (Å²) in [5, 5.41) is 0. The minimum Gasteiger partial charge on any atom is -0.465 e. The topological polar surface area (TPSA) is 30.2 Å². The Hall–Kier alpha value is -1.05. The van der Waals surface area contributed by atoms with Crippen molar-refractivity contribution < 1.29 is 9.21 Å². The van der Waals surface area contributed by atoms with Crippen LogP contribution >= 0.6 is 0 Å². The molecule has 4 saturated carbocycles. The van der Waals surface area contributed by atoms with Crippen molar-refractivity contribution in [3.63, 3.8) is 0 Å². The normalized spacial score (nSPS) is 39.8. The zero-order chi connectivity index (χ0) is 13.2. The molecular formula is C17H22O2. The van der Waals surface area contributed by atoms with Crippen LogP contribution in [0.15, 0.2) is 10.5 Å². The van der Waals surface area contributed by atoms with Crippen LogP contribution in [0.25, 0.3) is 0 Å². The van der Waals surface area contributed by atoms with Crippen LogP contribution in [-0.4, -0.2) is 5.78 Å². The van der Waals surface area contributed by atoms with Crippen LogP contribution in [0.2, 0.25) is 0 Å². The molecule has 0 saturated heterocycles. The van der Waals surface area contributed by atoms with Crippen molar-refractivity contribution >= 4 is 5.78 Å². The summed E-state index contributed by atoms with van der Waals surface area (Å²) in [6.07, 6.45) is 8.21. The van der Waals surface area contributed by atoms with Crippen LogP contribution in [0.3, 0.4) is 0 Å². The van der Waals surface area contributed by atoms with E-state index in [-0.39, 0.29) is 11.2 Å². The number of furan rings is 1. The van der Waals surface area contributed by atoms with Gasteiger partial charge in [0.25, 0.3) is 0 Å². The molecule has 19 heavy (non-hydrogen) atoms. The molecule has 1 heterocycles. The van der Waals surface area contributed by atoms with Gasteiger partial charge in [-0.05, 0) is 76.2 Å². The Balaban J connectivity index is 1.75. The summed E-state index contributed by atoms with van der Waals surface area (Å²) in [6.45, 7) is 3.57. The first-order chi connectivity index (χ1) is 9.06. The molecule has 4 aliphatic carbocycles. The zero-order valence-electron chi connectivity index (χ0n) is 11.9. The molecule has 0 radical (unpaired) electrons. The lowest BCUT2D eigenvalue weighted by Crippen LogP contribution is -2.48. The van der Waals surface area contributed by atoms with Crippen LogP contribution in [0, 0.1) is 24.7 Å². The van der Waals surface area contributed by atoms with E-state index in [0.717, 1.165) is 34.8 Å². The second-order valence-corrected chi connectivity index (χ2v) is 7.33. The number of hydrogen-bond acceptors (Lipinski definition) is 2. The van der Waals surface area contributed by atoms with Crippen molar-refractivity contribution in [1.29, 1.82) is 0 Å². The molecule has 5 rings (SSSR count). The molecule has 0 aromatic carbocycles. The summed E-state index contributed by atoms with van der Waals surface area (Å²) in [5.41, 5.74) is 1.07. The lowest BCUT2D eigenvalue weighted by molar-refractivity contribution is -0.0154. The predicted molar refractivity (Wildman–Crippen MR) is 73.3 cm³/mol. The highest BCUT2D eigenvalue weighted by molar-refractivity contribution is 5.95. The largest absolute Gasteiger partial charge is 0.465 e. The highest BCUT2D eigenvalue weighted by Gasteiger charge is 2.53. The minimum absolute atomic E-state index is 0.136. The highest BCUT2D eigenvalue weighted by Crippen LogP contribution is 2.61. The number of ketones is 1. The van der Waals surface area contributed by atoms with Crippen LogP contribution in [0.4, 0.5) is 0 Å². The fourth-order valence-corrected chi connectivity index (χ4v) is 5.51. The van der Waals surface area contributed by atoms with E-state index in [1.54, 1.807) is 6.92 Å². The van der Waals surface area contributed by atoms with Crippen molar-refractivity contribution in [1.82, 2.24) is 0 Å². The summed E-state index contributed by atoms with van der Waals surface area (Å²) in [5.74, 6) is 4.82. The monoisotopic (exact) mass is 258 g/mol. The van der Waals surface area contributed by atoms with E-state index in [0.29, 0.717) is 0 Å². The molecule has 2 heteroatoms. The smallest absolute Gasteiger partial charge is 0.163 e. The Kier molecular flexibility index (Phi) is 2.31. The summed E-state index contributed by atoms with van der Waals surface area (Å²) in [6, 6.07) is 2.06. The molecule has 4 fully saturated rings. The van der Waals surface area contributed by atoms with E-state index in [2.05, 4.69) is 6.07 Å². The number of aryl methyl sites for hydroxylation is 1. The van der Waals surface area contributed by atoms with E-state index < -0.39 is 0 Å². The van der Waals surface area contributed by atoms with Gasteiger partial charge in [-0.2, -0.15) is 0 Å². The number of rotatable bonds is 2. The van der Waals surface area contributed by atoms with Gasteiger partial charge in [-0.15, -0.1) is 0 Å². The Morgan fingerprint density at radius 1 is 1.16 bits per heavy atom. The van der Waals surface area contributed by atoms with Crippen molar-refractivity contribution in [3.8, 4) is 0 Å². The fraction of sp³-hybridized carbons (Fsp3) is 0.706. The molecule has 2 nitrogen and oxygen atoms in total. The molecule has 4 bridgehead atoms. The van der Waals surface area contributed by atoms with E-state index in [9.17, 15) is 4.79 Å². The van der Waals surface area contributed by atoms with Crippen LogP contribution < -0.4 is 0 Å². The van der Waals surface area contributed by atoms with Crippen LogP contribution in [0.5, 0.6) is 0 Å². The lowest BCUT2D eigenvalue weighted by Gasteiger charge is -2.55. The van der Waals surface area contributed by atoms with E-state index in [1.165, 1.54) is 38.5 Å². The number of hydrogen-bond donors (Lipinski definition) is 0. The predicted octanol–water partition coefficient (Wildman–Crippen LogP) is 4.26. The Bertz CT molecular complexity index is 502. The summed E-state index contributed by atoms with van der Waals surface area (Å²) in [7, 11) is 0. The average Bonchev–Trinajstić information content (AvgIpc) is 2.70. The van der Waals surface area contributed by atoms with Gasteiger partial charge in [0.2, 0.25) is 0 Å². The minimum atomic E-state index is 0.136. The van der Waals surface area contributed by atoms with Crippen molar-refractivity contribution in [2.45, 2.75) is 57.8 Å². The Morgan fingerprint density at radius 2 is 1.68 bits per heavy atom. The van der Waals surface area contributed by atoms with Crippen molar-refractivity contribution in [2.75, 3.05) is 0 Å². The van der Waals surface area contributed by atoms with Gasteiger partial charge in [0.05, 0.1) is 5.56 Å². The number of carbonyl (C=O) groups excluding carboxylic acids is 1. The van der Waals surface area contributed by atoms with Crippen molar-refractivity contribution in [2.24, 2.45) is 17.8 Å². The molecule has 0 atom stereocenters. The Morgan fingerprint density at radius 3 is 2.11 bits per heavy atom. The van der Waals surface area contributed by atoms with Gasteiger partial charge in [0.1, 0.15) is 11.5 Å². The molecular weight excluding hydrogens is 236 g/mol. The molecule has 0 unspecified atom stereocenters.